The summed E-state index contributed by atoms with van der Waals surface area (Å²) in [5, 5.41) is 14.2. The number of aliphatic hydroxyl groups excluding tert-OH is 1. The Bertz CT molecular complexity index is 666. The normalized spacial score (nSPS) is 17.0. The lowest BCUT2D eigenvalue weighted by Crippen LogP contribution is -2.29. The quantitative estimate of drug-likeness (QED) is 0.702. The van der Waals surface area contributed by atoms with Crippen molar-refractivity contribution in [2.45, 2.75) is 44.9 Å². The molecule has 0 radical (unpaired) electrons. The summed E-state index contributed by atoms with van der Waals surface area (Å²) in [6.07, 6.45) is 5.49. The van der Waals surface area contributed by atoms with Crippen molar-refractivity contribution in [2.75, 3.05) is 24.6 Å². The Balaban J connectivity index is 1.58. The van der Waals surface area contributed by atoms with Crippen LogP contribution in [-0.4, -0.2) is 48.9 Å². The average Bonchev–Trinajstić information content (AvgIpc) is 2.86. The zero-order valence-electron chi connectivity index (χ0n) is 13.8. The van der Waals surface area contributed by atoms with Gasteiger partial charge in [0.1, 0.15) is 0 Å². The Kier molecular flexibility index (Phi) is 5.27. The third kappa shape index (κ3) is 4.42. The van der Waals surface area contributed by atoms with Crippen LogP contribution in [-0.2, 0) is 19.5 Å². The van der Waals surface area contributed by atoms with Crippen molar-refractivity contribution in [1.82, 2.24) is 24.6 Å². The molecule has 5 N–H and O–H groups in total. The first-order valence-corrected chi connectivity index (χ1v) is 8.40. The molecule has 1 fully saturated rings. The Morgan fingerprint density at radius 3 is 2.71 bits per heavy atom. The van der Waals surface area contributed by atoms with Crippen LogP contribution in [0.5, 0.6) is 0 Å². The standard InChI is InChI=1S/C16H25N7O/c17-15-20-16(18)23(21-15)11-14(24)9-13-8-12(4-5-19-13)10-22-6-2-1-3-7-22/h4-5,8,14,24H,1-3,6-7,9-11H2,(H4,17,18,20,21). The van der Waals surface area contributed by atoms with Crippen LogP contribution in [0.3, 0.4) is 0 Å². The van der Waals surface area contributed by atoms with Gasteiger partial charge in [0.05, 0.1) is 12.6 Å². The van der Waals surface area contributed by atoms with E-state index in [1.54, 1.807) is 0 Å². The molecule has 1 aliphatic rings. The molecule has 0 amide bonds. The highest BCUT2D eigenvalue weighted by Crippen LogP contribution is 2.14. The second kappa shape index (κ2) is 7.59. The number of piperidine rings is 1. The molecular weight excluding hydrogens is 306 g/mol. The van der Waals surface area contributed by atoms with Crippen molar-refractivity contribution in [2.24, 2.45) is 0 Å². The largest absolute Gasteiger partial charge is 0.391 e. The van der Waals surface area contributed by atoms with E-state index >= 15 is 0 Å². The summed E-state index contributed by atoms with van der Waals surface area (Å²) in [6, 6.07) is 4.11. The van der Waals surface area contributed by atoms with Crippen LogP contribution in [0, 0.1) is 0 Å². The van der Waals surface area contributed by atoms with Gasteiger partial charge in [-0.05, 0) is 43.6 Å². The van der Waals surface area contributed by atoms with Crippen molar-refractivity contribution in [3.05, 3.63) is 29.6 Å². The number of nitrogens with two attached hydrogens (primary N) is 2. The molecule has 3 rings (SSSR count). The fourth-order valence-electron chi connectivity index (χ4n) is 3.13. The molecule has 8 heteroatoms. The molecule has 2 aromatic heterocycles. The zero-order chi connectivity index (χ0) is 16.9. The van der Waals surface area contributed by atoms with Crippen molar-refractivity contribution in [3.63, 3.8) is 0 Å². The van der Waals surface area contributed by atoms with E-state index in [0.29, 0.717) is 6.42 Å². The Labute approximate surface area is 141 Å². The predicted octanol–water partition coefficient (Wildman–Crippen LogP) is 0.427. The minimum absolute atomic E-state index is 0.112. The first-order valence-electron chi connectivity index (χ1n) is 8.40. The monoisotopic (exact) mass is 331 g/mol. The van der Waals surface area contributed by atoms with Gasteiger partial charge in [0.15, 0.2) is 0 Å². The van der Waals surface area contributed by atoms with Crippen molar-refractivity contribution >= 4 is 11.9 Å². The van der Waals surface area contributed by atoms with E-state index in [4.69, 9.17) is 11.5 Å². The Hall–Kier alpha value is -2.19. The van der Waals surface area contributed by atoms with Crippen molar-refractivity contribution in [1.29, 1.82) is 0 Å². The van der Waals surface area contributed by atoms with Gasteiger partial charge in [-0.15, -0.1) is 5.10 Å². The van der Waals surface area contributed by atoms with Gasteiger partial charge in [-0.1, -0.05) is 6.42 Å². The van der Waals surface area contributed by atoms with E-state index in [2.05, 4.69) is 26.0 Å². The number of aliphatic hydroxyl groups is 1. The van der Waals surface area contributed by atoms with Gasteiger partial charge in [-0.3, -0.25) is 9.88 Å². The van der Waals surface area contributed by atoms with Crippen molar-refractivity contribution < 1.29 is 5.11 Å². The highest BCUT2D eigenvalue weighted by atomic mass is 16.3. The summed E-state index contributed by atoms with van der Waals surface area (Å²) in [5.41, 5.74) is 13.3. The van der Waals surface area contributed by atoms with Gasteiger partial charge in [-0.2, -0.15) is 4.98 Å². The fraction of sp³-hybridized carbons (Fsp3) is 0.562. The lowest BCUT2D eigenvalue weighted by molar-refractivity contribution is 0.149. The second-order valence-electron chi connectivity index (χ2n) is 6.36. The summed E-state index contributed by atoms with van der Waals surface area (Å²) in [7, 11) is 0. The summed E-state index contributed by atoms with van der Waals surface area (Å²) in [6.45, 7) is 3.51. The van der Waals surface area contributed by atoms with E-state index in [0.717, 1.165) is 25.3 Å². The Morgan fingerprint density at radius 1 is 1.21 bits per heavy atom. The fourth-order valence-corrected chi connectivity index (χ4v) is 3.13. The van der Waals surface area contributed by atoms with Crippen LogP contribution < -0.4 is 11.5 Å². The van der Waals surface area contributed by atoms with E-state index in [1.807, 2.05) is 12.3 Å². The molecule has 1 aliphatic heterocycles. The van der Waals surface area contributed by atoms with Gasteiger partial charge >= 0.3 is 0 Å². The molecule has 0 aliphatic carbocycles. The summed E-state index contributed by atoms with van der Waals surface area (Å²) in [4.78, 5) is 10.7. The molecule has 0 bridgehead atoms. The molecule has 24 heavy (non-hydrogen) atoms. The number of hydrogen-bond donors (Lipinski definition) is 3. The highest BCUT2D eigenvalue weighted by Gasteiger charge is 2.14. The molecular formula is C16H25N7O. The van der Waals surface area contributed by atoms with Crippen LogP contribution in [0.4, 0.5) is 11.9 Å². The molecule has 1 atom stereocenters. The van der Waals surface area contributed by atoms with E-state index in [1.165, 1.54) is 29.5 Å². The third-order valence-electron chi connectivity index (χ3n) is 4.28. The first kappa shape index (κ1) is 16.7. The minimum atomic E-state index is -0.647. The molecule has 2 aromatic rings. The van der Waals surface area contributed by atoms with Gasteiger partial charge in [-0.25, -0.2) is 4.68 Å². The van der Waals surface area contributed by atoms with Gasteiger partial charge in [0.25, 0.3) is 0 Å². The molecule has 1 saturated heterocycles. The number of nitrogens with zero attached hydrogens (tertiary/aromatic N) is 5. The third-order valence-corrected chi connectivity index (χ3v) is 4.28. The van der Waals surface area contributed by atoms with E-state index < -0.39 is 6.10 Å². The smallest absolute Gasteiger partial charge is 0.241 e. The topological polar surface area (TPSA) is 119 Å². The molecule has 3 heterocycles. The number of likely N-dealkylation sites (tertiary alicyclic amines) is 1. The molecule has 130 valence electrons. The van der Waals surface area contributed by atoms with Gasteiger partial charge in [0, 0.05) is 24.9 Å². The molecule has 0 saturated carbocycles. The lowest BCUT2D eigenvalue weighted by atomic mass is 10.1. The zero-order valence-corrected chi connectivity index (χ0v) is 13.8. The Morgan fingerprint density at radius 2 is 2.00 bits per heavy atom. The van der Waals surface area contributed by atoms with Crippen LogP contribution in [0.2, 0.25) is 0 Å². The second-order valence-corrected chi connectivity index (χ2v) is 6.36. The van der Waals surface area contributed by atoms with Crippen molar-refractivity contribution in [3.8, 4) is 0 Å². The van der Waals surface area contributed by atoms with Gasteiger partial charge in [0.2, 0.25) is 11.9 Å². The predicted molar refractivity (Wildman–Crippen MR) is 91.9 cm³/mol. The van der Waals surface area contributed by atoms with Crippen LogP contribution >= 0.6 is 0 Å². The van der Waals surface area contributed by atoms with Crippen LogP contribution in [0.25, 0.3) is 0 Å². The number of nitrogen functional groups attached to an aromatic ring is 2. The number of aromatic nitrogens is 4. The minimum Gasteiger partial charge on any atom is -0.391 e. The molecule has 8 nitrogen and oxygen atoms in total. The number of rotatable bonds is 6. The molecule has 1 unspecified atom stereocenters. The van der Waals surface area contributed by atoms with E-state index in [-0.39, 0.29) is 18.4 Å². The number of pyridine rings is 1. The summed E-state index contributed by atoms with van der Waals surface area (Å²) < 4.78 is 1.41. The maximum Gasteiger partial charge on any atom is 0.241 e. The average molecular weight is 331 g/mol. The summed E-state index contributed by atoms with van der Waals surface area (Å²) >= 11 is 0. The maximum atomic E-state index is 10.3. The maximum absolute atomic E-state index is 10.3. The highest BCUT2D eigenvalue weighted by molar-refractivity contribution is 5.26. The summed E-state index contributed by atoms with van der Waals surface area (Å²) in [5.74, 6) is 0.319. The van der Waals surface area contributed by atoms with E-state index in [9.17, 15) is 5.11 Å². The number of anilines is 2. The lowest BCUT2D eigenvalue weighted by Gasteiger charge is -2.26. The molecule has 0 spiro atoms. The van der Waals surface area contributed by atoms with Gasteiger partial charge < -0.3 is 16.6 Å². The van der Waals surface area contributed by atoms with Crippen LogP contribution in [0.1, 0.15) is 30.5 Å². The van der Waals surface area contributed by atoms with Crippen LogP contribution in [0.15, 0.2) is 18.3 Å². The number of hydrogen-bond acceptors (Lipinski definition) is 7. The first-order chi connectivity index (χ1) is 11.6. The SMILES string of the molecule is Nc1nc(N)n(CC(O)Cc2cc(CN3CCCCC3)ccn2)n1. The molecule has 0 aromatic carbocycles.